The van der Waals surface area contributed by atoms with E-state index in [1.165, 1.54) is 6.92 Å². The van der Waals surface area contributed by atoms with E-state index >= 15 is 4.39 Å². The van der Waals surface area contributed by atoms with Crippen LogP contribution >= 0.6 is 0 Å². The first-order chi connectivity index (χ1) is 14.8. The number of carbonyl (C=O) groups excluding carboxylic acids is 1. The molecule has 2 N–H and O–H groups in total. The molecule has 1 saturated heterocycles. The van der Waals surface area contributed by atoms with Crippen molar-refractivity contribution in [1.29, 1.82) is 0 Å². The summed E-state index contributed by atoms with van der Waals surface area (Å²) in [5, 5.41) is 0. The van der Waals surface area contributed by atoms with Crippen molar-refractivity contribution in [1.82, 2.24) is 14.5 Å². The minimum absolute atomic E-state index is 0.00503. The molecule has 2 unspecified atom stereocenters. The Hall–Kier alpha value is -2.97. The lowest BCUT2D eigenvalue weighted by Crippen LogP contribution is -2.40. The lowest BCUT2D eigenvalue weighted by atomic mass is 10.1. The Balaban J connectivity index is 1.48. The van der Waals surface area contributed by atoms with E-state index < -0.39 is 11.8 Å². The summed E-state index contributed by atoms with van der Waals surface area (Å²) in [5.74, 6) is 0.122. The summed E-state index contributed by atoms with van der Waals surface area (Å²) in [6.07, 6.45) is -0.660. The smallest absolute Gasteiger partial charge is 0.256 e. The molecule has 31 heavy (non-hydrogen) atoms. The molecule has 1 fully saturated rings. The van der Waals surface area contributed by atoms with Gasteiger partial charge >= 0.3 is 0 Å². The van der Waals surface area contributed by atoms with Gasteiger partial charge in [-0.1, -0.05) is 36.4 Å². The fourth-order valence-corrected chi connectivity index (χ4v) is 3.75. The minimum Gasteiger partial charge on any atom is -0.373 e. The van der Waals surface area contributed by atoms with Gasteiger partial charge in [0.05, 0.1) is 37.4 Å². The third-order valence-electron chi connectivity index (χ3n) is 5.42. The molecule has 164 valence electrons. The highest BCUT2D eigenvalue weighted by molar-refractivity contribution is 5.85. The molecule has 0 spiro atoms. The number of morpholine rings is 1. The molecule has 2 atom stereocenters. The molecule has 2 heterocycles. The van der Waals surface area contributed by atoms with Gasteiger partial charge in [0.1, 0.15) is 5.67 Å². The number of ether oxygens (including phenoxy) is 2. The number of amides is 1. The van der Waals surface area contributed by atoms with Crippen LogP contribution in [0.15, 0.2) is 48.5 Å². The van der Waals surface area contributed by atoms with Gasteiger partial charge in [-0.25, -0.2) is 9.37 Å². The Kier molecular flexibility index (Phi) is 5.93. The maximum Gasteiger partial charge on any atom is 0.256 e. The summed E-state index contributed by atoms with van der Waals surface area (Å²) < 4.78 is 28.1. The Morgan fingerprint density at radius 3 is 2.84 bits per heavy atom. The molecule has 0 bridgehead atoms. The van der Waals surface area contributed by atoms with Gasteiger partial charge in [0.2, 0.25) is 5.95 Å². The van der Waals surface area contributed by atoms with Crippen LogP contribution in [0.3, 0.4) is 0 Å². The van der Waals surface area contributed by atoms with Crippen LogP contribution in [0.1, 0.15) is 24.2 Å². The summed E-state index contributed by atoms with van der Waals surface area (Å²) in [6.45, 7) is 2.81. The van der Waals surface area contributed by atoms with Crippen LogP contribution in [-0.4, -0.2) is 52.8 Å². The first-order valence-corrected chi connectivity index (χ1v) is 10.3. The van der Waals surface area contributed by atoms with E-state index in [9.17, 15) is 4.79 Å². The summed E-state index contributed by atoms with van der Waals surface area (Å²) in [4.78, 5) is 18.4. The summed E-state index contributed by atoms with van der Waals surface area (Å²) >= 11 is 0. The van der Waals surface area contributed by atoms with E-state index in [1.807, 2.05) is 36.4 Å². The predicted octanol–water partition coefficient (Wildman–Crippen LogP) is 3.09. The maximum atomic E-state index is 15.2. The number of hydrogen-bond donors (Lipinski definition) is 1. The fraction of sp³-hybridized carbons (Fsp3) is 0.391. The Morgan fingerprint density at radius 2 is 2.06 bits per heavy atom. The lowest BCUT2D eigenvalue weighted by molar-refractivity contribution is -0.151. The second kappa shape index (κ2) is 8.64. The highest BCUT2D eigenvalue weighted by Crippen LogP contribution is 2.29. The molecular formula is C23H27FN4O3. The van der Waals surface area contributed by atoms with E-state index in [0.717, 1.165) is 5.56 Å². The zero-order chi connectivity index (χ0) is 22.0. The first-order valence-electron chi connectivity index (χ1n) is 10.3. The van der Waals surface area contributed by atoms with Crippen molar-refractivity contribution in [3.8, 4) is 0 Å². The Bertz CT molecular complexity index is 1070. The minimum atomic E-state index is -1.64. The number of imidazole rings is 1. The topological polar surface area (TPSA) is 82.6 Å². The van der Waals surface area contributed by atoms with Crippen LogP contribution in [0.2, 0.25) is 0 Å². The van der Waals surface area contributed by atoms with Crippen LogP contribution in [0.4, 0.5) is 10.3 Å². The molecule has 0 radical (unpaired) electrons. The van der Waals surface area contributed by atoms with Gasteiger partial charge in [-0.05, 0) is 30.2 Å². The van der Waals surface area contributed by atoms with E-state index in [-0.39, 0.29) is 25.0 Å². The van der Waals surface area contributed by atoms with Crippen molar-refractivity contribution in [2.24, 2.45) is 0 Å². The van der Waals surface area contributed by atoms with Crippen LogP contribution in [0.25, 0.3) is 11.0 Å². The van der Waals surface area contributed by atoms with Crippen LogP contribution in [0.5, 0.6) is 0 Å². The van der Waals surface area contributed by atoms with Crippen molar-refractivity contribution in [3.05, 3.63) is 59.7 Å². The van der Waals surface area contributed by atoms with Crippen molar-refractivity contribution in [2.45, 2.75) is 31.8 Å². The molecule has 0 saturated carbocycles. The fourth-order valence-electron chi connectivity index (χ4n) is 3.75. The molecule has 1 aliphatic heterocycles. The second-order valence-corrected chi connectivity index (χ2v) is 8.21. The molecule has 4 rings (SSSR count). The van der Waals surface area contributed by atoms with Crippen molar-refractivity contribution >= 4 is 22.9 Å². The van der Waals surface area contributed by atoms with E-state index in [0.29, 0.717) is 36.4 Å². The van der Waals surface area contributed by atoms with Crippen LogP contribution < -0.4 is 5.73 Å². The molecule has 1 aliphatic rings. The average Bonchev–Trinajstić information content (AvgIpc) is 3.04. The number of nitrogens with two attached hydrogens (primary N) is 1. The molecule has 8 heteroatoms. The number of rotatable bonds is 7. The zero-order valence-corrected chi connectivity index (χ0v) is 17.8. The van der Waals surface area contributed by atoms with E-state index in [4.69, 9.17) is 15.2 Å². The Labute approximate surface area is 180 Å². The zero-order valence-electron chi connectivity index (χ0n) is 17.8. The maximum absolute atomic E-state index is 15.2. The molecule has 7 nitrogen and oxygen atoms in total. The number of fused-ring (bicyclic) bond motifs is 1. The van der Waals surface area contributed by atoms with Gasteiger partial charge in [-0.2, -0.15) is 0 Å². The highest BCUT2D eigenvalue weighted by atomic mass is 19.1. The van der Waals surface area contributed by atoms with Gasteiger partial charge in [-0.3, -0.25) is 4.79 Å². The first kappa shape index (κ1) is 21.3. The number of nitrogens with zero attached hydrogens (tertiary/aromatic N) is 3. The van der Waals surface area contributed by atoms with Crippen molar-refractivity contribution < 1.29 is 18.7 Å². The molecule has 0 aliphatic carbocycles. The largest absolute Gasteiger partial charge is 0.373 e. The number of halogens is 1. The quantitative estimate of drug-likeness (QED) is 0.628. The van der Waals surface area contributed by atoms with E-state index in [2.05, 4.69) is 4.98 Å². The van der Waals surface area contributed by atoms with Gasteiger partial charge in [-0.15, -0.1) is 0 Å². The van der Waals surface area contributed by atoms with Crippen LogP contribution in [-0.2, 0) is 27.4 Å². The molecule has 1 aromatic heterocycles. The molecule has 3 aromatic rings. The van der Waals surface area contributed by atoms with Crippen LogP contribution in [0, 0.1) is 0 Å². The summed E-state index contributed by atoms with van der Waals surface area (Å²) in [5.41, 5.74) is 7.45. The second-order valence-electron chi connectivity index (χ2n) is 8.21. The third kappa shape index (κ3) is 4.70. The van der Waals surface area contributed by atoms with Crippen molar-refractivity contribution in [3.63, 3.8) is 0 Å². The number of aromatic nitrogens is 2. The molecular weight excluding hydrogens is 399 g/mol. The Morgan fingerprint density at radius 1 is 1.29 bits per heavy atom. The normalized spacial score (nSPS) is 19.0. The SMILES string of the molecule is CN1CCOC(c2ccc3c(c2)nc(N)n3CC(C)(F)COCc2ccccc2)C1=O. The van der Waals surface area contributed by atoms with Gasteiger partial charge in [0.25, 0.3) is 5.91 Å². The number of benzene rings is 2. The number of nitrogen functional groups attached to an aromatic ring is 1. The monoisotopic (exact) mass is 426 g/mol. The van der Waals surface area contributed by atoms with Gasteiger partial charge < -0.3 is 24.7 Å². The third-order valence-corrected chi connectivity index (χ3v) is 5.42. The van der Waals surface area contributed by atoms with Gasteiger partial charge in [0.15, 0.2) is 6.10 Å². The number of anilines is 1. The lowest BCUT2D eigenvalue weighted by Gasteiger charge is -2.29. The highest BCUT2D eigenvalue weighted by Gasteiger charge is 2.30. The predicted molar refractivity (Wildman–Crippen MR) is 116 cm³/mol. The number of carbonyl (C=O) groups is 1. The number of alkyl halides is 1. The van der Waals surface area contributed by atoms with E-state index in [1.54, 1.807) is 28.6 Å². The standard InChI is InChI=1S/C23H27FN4O3/c1-23(24,15-30-13-16-6-4-3-5-7-16)14-28-19-9-8-17(12-18(19)26-22(28)25)20-21(29)27(2)10-11-31-20/h3-9,12,20H,10-11,13-15H2,1-2H3,(H2,25,26). The molecule has 2 aromatic carbocycles. The van der Waals surface area contributed by atoms with Crippen molar-refractivity contribution in [2.75, 3.05) is 32.5 Å². The summed E-state index contributed by atoms with van der Waals surface area (Å²) in [7, 11) is 1.76. The summed E-state index contributed by atoms with van der Waals surface area (Å²) in [6, 6.07) is 15.0. The molecule has 1 amide bonds. The number of hydrogen-bond acceptors (Lipinski definition) is 5. The van der Waals surface area contributed by atoms with Gasteiger partial charge in [0, 0.05) is 13.6 Å². The number of likely N-dealkylation sites (N-methyl/N-ethyl adjacent to an activating group) is 1. The average molecular weight is 426 g/mol.